The number of para-hydroxylation sites is 1. The maximum Gasteiger partial charge on any atom is 0.285 e. The van der Waals surface area contributed by atoms with Crippen molar-refractivity contribution >= 4 is 34.8 Å². The summed E-state index contributed by atoms with van der Waals surface area (Å²) in [4.78, 5) is 37.1. The molecule has 2 aromatic rings. The number of nitrogens with zero attached hydrogens (tertiary/aromatic N) is 2. The molecule has 0 unspecified atom stereocenters. The molecule has 140 valence electrons. The van der Waals surface area contributed by atoms with Crippen LogP contribution in [-0.4, -0.2) is 29.3 Å². The predicted molar refractivity (Wildman–Crippen MR) is 97.5 cm³/mol. The quantitative estimate of drug-likeness (QED) is 0.639. The molecule has 0 aromatic heterocycles. The van der Waals surface area contributed by atoms with Crippen LogP contribution in [-0.2, 0) is 4.79 Å². The molecule has 0 bridgehead atoms. The van der Waals surface area contributed by atoms with Crippen molar-refractivity contribution in [3.05, 3.63) is 68.5 Å². The zero-order chi connectivity index (χ0) is 19.7. The Balaban J connectivity index is 1.83. The van der Waals surface area contributed by atoms with Crippen LogP contribution in [0.25, 0.3) is 0 Å². The number of hydrogen-bond acceptors (Lipinski definition) is 4. The minimum atomic E-state index is -0.878. The highest BCUT2D eigenvalue weighted by Gasteiger charge is 2.36. The number of aryl methyl sites for hydroxylation is 1. The highest BCUT2D eigenvalue weighted by molar-refractivity contribution is 6.34. The smallest absolute Gasteiger partial charge is 0.285 e. The van der Waals surface area contributed by atoms with Gasteiger partial charge in [0.05, 0.1) is 15.6 Å². The van der Waals surface area contributed by atoms with Gasteiger partial charge in [-0.2, -0.15) is 0 Å². The minimum Gasteiger partial charge on any atom is -0.340 e. The van der Waals surface area contributed by atoms with E-state index in [4.69, 9.17) is 11.6 Å². The number of halogens is 2. The molecule has 0 spiro atoms. The van der Waals surface area contributed by atoms with E-state index in [-0.39, 0.29) is 11.5 Å². The Kier molecular flexibility index (Phi) is 5.09. The summed E-state index contributed by atoms with van der Waals surface area (Å²) in [5.74, 6) is -2.02. The molecule has 1 fully saturated rings. The Hall–Kier alpha value is -3.00. The number of nitrogens with one attached hydrogen (secondary N) is 1. The summed E-state index contributed by atoms with van der Waals surface area (Å²) in [5.41, 5.74) is -0.349. The number of nitro benzene ring substituents is 1. The van der Waals surface area contributed by atoms with Gasteiger partial charge in [0.25, 0.3) is 11.6 Å². The second-order valence-electron chi connectivity index (χ2n) is 6.13. The van der Waals surface area contributed by atoms with Crippen LogP contribution in [0.1, 0.15) is 22.3 Å². The standard InChI is InChI=1S/C18H15ClFN3O4/c1-10-8-11(20)9-12(16(10)23(26)27)17(24)21-14-6-7-22(18(14)25)15-5-3-2-4-13(15)19/h2-5,8-9,14H,6-7H2,1H3,(H,21,24)/t14-/m0/s1. The van der Waals surface area contributed by atoms with Crippen LogP contribution in [0.5, 0.6) is 0 Å². The number of carbonyl (C=O) groups is 2. The first-order valence-corrected chi connectivity index (χ1v) is 8.48. The Morgan fingerprint density at radius 2 is 2.07 bits per heavy atom. The van der Waals surface area contributed by atoms with Gasteiger partial charge >= 0.3 is 0 Å². The van der Waals surface area contributed by atoms with Gasteiger partial charge in [0.15, 0.2) is 0 Å². The first-order valence-electron chi connectivity index (χ1n) is 8.11. The number of rotatable bonds is 4. The summed E-state index contributed by atoms with van der Waals surface area (Å²) < 4.78 is 13.7. The number of amides is 2. The van der Waals surface area contributed by atoms with Crippen molar-refractivity contribution in [1.82, 2.24) is 5.32 Å². The largest absolute Gasteiger partial charge is 0.340 e. The third-order valence-electron chi connectivity index (χ3n) is 4.35. The van der Waals surface area contributed by atoms with Crippen LogP contribution in [0.15, 0.2) is 36.4 Å². The Morgan fingerprint density at radius 1 is 1.37 bits per heavy atom. The lowest BCUT2D eigenvalue weighted by molar-refractivity contribution is -0.385. The highest BCUT2D eigenvalue weighted by atomic mass is 35.5. The molecule has 27 heavy (non-hydrogen) atoms. The fourth-order valence-electron chi connectivity index (χ4n) is 3.11. The van der Waals surface area contributed by atoms with Crippen molar-refractivity contribution in [2.75, 3.05) is 11.4 Å². The van der Waals surface area contributed by atoms with Crippen LogP contribution >= 0.6 is 11.6 Å². The summed E-state index contributed by atoms with van der Waals surface area (Å²) in [7, 11) is 0. The van der Waals surface area contributed by atoms with E-state index < -0.39 is 33.9 Å². The van der Waals surface area contributed by atoms with Gasteiger partial charge in [-0.25, -0.2) is 4.39 Å². The van der Waals surface area contributed by atoms with Crippen molar-refractivity contribution < 1.29 is 18.9 Å². The molecule has 9 heteroatoms. The first kappa shape index (κ1) is 18.8. The van der Waals surface area contributed by atoms with E-state index in [0.717, 1.165) is 12.1 Å². The maximum absolute atomic E-state index is 13.7. The van der Waals surface area contributed by atoms with Crippen molar-refractivity contribution in [3.8, 4) is 0 Å². The number of carbonyl (C=O) groups excluding carboxylic acids is 2. The Morgan fingerprint density at radius 3 is 2.74 bits per heavy atom. The fraction of sp³-hybridized carbons (Fsp3) is 0.222. The second kappa shape index (κ2) is 7.32. The molecule has 7 nitrogen and oxygen atoms in total. The SMILES string of the molecule is Cc1cc(F)cc(C(=O)N[C@H]2CCN(c3ccccc3Cl)C2=O)c1[N+](=O)[O-]. The van der Waals surface area contributed by atoms with E-state index in [0.29, 0.717) is 23.7 Å². The van der Waals surface area contributed by atoms with Crippen molar-refractivity contribution in [1.29, 1.82) is 0 Å². The van der Waals surface area contributed by atoms with Gasteiger partial charge in [0.1, 0.15) is 17.4 Å². The summed E-state index contributed by atoms with van der Waals surface area (Å²) >= 11 is 6.11. The molecule has 2 aromatic carbocycles. The van der Waals surface area contributed by atoms with E-state index in [1.54, 1.807) is 24.3 Å². The van der Waals surface area contributed by atoms with Gasteiger partial charge in [0.2, 0.25) is 5.91 Å². The molecule has 1 N–H and O–H groups in total. The molecule has 1 atom stereocenters. The van der Waals surface area contributed by atoms with Crippen LogP contribution in [0.2, 0.25) is 5.02 Å². The summed E-state index contributed by atoms with van der Waals surface area (Å²) in [5, 5.41) is 14.1. The molecule has 0 aliphatic carbocycles. The van der Waals surface area contributed by atoms with Crippen LogP contribution in [0.3, 0.4) is 0 Å². The molecule has 1 aliphatic rings. The Labute approximate surface area is 158 Å². The third-order valence-corrected chi connectivity index (χ3v) is 4.67. The van der Waals surface area contributed by atoms with E-state index in [1.165, 1.54) is 11.8 Å². The number of benzene rings is 2. The van der Waals surface area contributed by atoms with Crippen LogP contribution < -0.4 is 10.2 Å². The minimum absolute atomic E-state index is 0.0283. The lowest BCUT2D eigenvalue weighted by Gasteiger charge is -2.18. The van der Waals surface area contributed by atoms with E-state index in [2.05, 4.69) is 5.32 Å². The topological polar surface area (TPSA) is 92.6 Å². The van der Waals surface area contributed by atoms with Crippen molar-refractivity contribution in [3.63, 3.8) is 0 Å². The monoisotopic (exact) mass is 391 g/mol. The number of nitro groups is 1. The molecular formula is C18H15ClFN3O4. The zero-order valence-electron chi connectivity index (χ0n) is 14.2. The summed E-state index contributed by atoms with van der Waals surface area (Å²) in [6, 6.07) is 7.70. The molecule has 0 saturated carbocycles. The summed E-state index contributed by atoms with van der Waals surface area (Å²) in [6.07, 6.45) is 0.303. The maximum atomic E-state index is 13.7. The van der Waals surface area contributed by atoms with Crippen molar-refractivity contribution in [2.45, 2.75) is 19.4 Å². The zero-order valence-corrected chi connectivity index (χ0v) is 15.0. The van der Waals surface area contributed by atoms with E-state index >= 15 is 0 Å². The Bertz CT molecular complexity index is 950. The average molecular weight is 392 g/mol. The molecule has 1 heterocycles. The normalized spacial score (nSPS) is 16.5. The number of hydrogen-bond donors (Lipinski definition) is 1. The van der Waals surface area contributed by atoms with E-state index in [9.17, 15) is 24.1 Å². The van der Waals surface area contributed by atoms with Gasteiger partial charge in [-0.05, 0) is 37.6 Å². The fourth-order valence-corrected chi connectivity index (χ4v) is 3.35. The summed E-state index contributed by atoms with van der Waals surface area (Å²) in [6.45, 7) is 1.68. The molecule has 3 rings (SSSR count). The average Bonchev–Trinajstić information content (AvgIpc) is 2.94. The molecule has 1 aliphatic heterocycles. The van der Waals surface area contributed by atoms with Gasteiger partial charge in [-0.15, -0.1) is 0 Å². The predicted octanol–water partition coefficient (Wildman–Crippen LogP) is 3.23. The van der Waals surface area contributed by atoms with Gasteiger partial charge < -0.3 is 10.2 Å². The van der Waals surface area contributed by atoms with Gasteiger partial charge in [0, 0.05) is 12.1 Å². The van der Waals surface area contributed by atoms with Gasteiger partial charge in [-0.1, -0.05) is 23.7 Å². The second-order valence-corrected chi connectivity index (χ2v) is 6.54. The van der Waals surface area contributed by atoms with Gasteiger partial charge in [-0.3, -0.25) is 19.7 Å². The molecule has 0 radical (unpaired) electrons. The van der Waals surface area contributed by atoms with Crippen molar-refractivity contribution in [2.24, 2.45) is 0 Å². The number of anilines is 1. The third kappa shape index (κ3) is 3.61. The first-order chi connectivity index (χ1) is 12.8. The molecular weight excluding hydrogens is 377 g/mol. The highest BCUT2D eigenvalue weighted by Crippen LogP contribution is 2.30. The molecule has 2 amide bonds. The van der Waals surface area contributed by atoms with Crippen LogP contribution in [0.4, 0.5) is 15.8 Å². The lowest BCUT2D eigenvalue weighted by Crippen LogP contribution is -2.41. The lowest BCUT2D eigenvalue weighted by atomic mass is 10.1. The van der Waals surface area contributed by atoms with Crippen LogP contribution in [0, 0.1) is 22.9 Å². The van der Waals surface area contributed by atoms with E-state index in [1.807, 2.05) is 0 Å². The molecule has 1 saturated heterocycles.